The molecule has 0 bridgehead atoms. The average molecular weight is 248 g/mol. The van der Waals surface area contributed by atoms with Crippen LogP contribution in [0.1, 0.15) is 11.3 Å². The summed E-state index contributed by atoms with van der Waals surface area (Å²) in [6.45, 7) is 0. The lowest BCUT2D eigenvalue weighted by Crippen LogP contribution is -1.98. The third-order valence-electron chi connectivity index (χ3n) is 2.40. The summed E-state index contributed by atoms with van der Waals surface area (Å²) in [5, 5.41) is 0. The topological polar surface area (TPSA) is 54.5 Å². The van der Waals surface area contributed by atoms with Gasteiger partial charge in [0.05, 0.1) is 6.20 Å². The monoisotopic (exact) mass is 248 g/mol. The summed E-state index contributed by atoms with van der Waals surface area (Å²) in [4.78, 5) is 15.9. The van der Waals surface area contributed by atoms with E-state index in [0.29, 0.717) is 10.5 Å². The molecule has 16 heavy (non-hydrogen) atoms. The van der Waals surface area contributed by atoms with Crippen molar-refractivity contribution in [2.24, 2.45) is 0 Å². The quantitative estimate of drug-likeness (QED) is 0.785. The molecule has 80 valence electrons. The molecule has 0 unspecified atom stereocenters. The molecule has 0 aromatic carbocycles. The number of H-pyrrole nitrogens is 1. The standard InChI is InChI=1S/C10H8N4S2/c15-10-6-4-16-5-8(6)13-9(14-10)7-3-11-1-2-12-7/h1-3H,4-5H2,(H,13,14,15). The number of rotatable bonds is 1. The van der Waals surface area contributed by atoms with Crippen LogP contribution in [0.2, 0.25) is 0 Å². The van der Waals surface area contributed by atoms with Gasteiger partial charge in [-0.15, -0.1) is 0 Å². The molecular formula is C10H8N4S2. The normalized spacial score (nSPS) is 13.8. The van der Waals surface area contributed by atoms with Gasteiger partial charge in [0.1, 0.15) is 10.3 Å². The number of hydrogen-bond acceptors (Lipinski definition) is 5. The molecule has 0 amide bonds. The summed E-state index contributed by atoms with van der Waals surface area (Å²) >= 11 is 7.12. The van der Waals surface area contributed by atoms with Crippen LogP contribution in [0.4, 0.5) is 0 Å². The van der Waals surface area contributed by atoms with Gasteiger partial charge in [-0.2, -0.15) is 11.8 Å². The molecule has 6 heteroatoms. The van der Waals surface area contributed by atoms with Crippen molar-refractivity contribution < 1.29 is 0 Å². The summed E-state index contributed by atoms with van der Waals surface area (Å²) < 4.78 is 0.680. The smallest absolute Gasteiger partial charge is 0.159 e. The van der Waals surface area contributed by atoms with Crippen LogP contribution in [0.3, 0.4) is 0 Å². The number of fused-ring (bicyclic) bond motifs is 1. The first-order chi connectivity index (χ1) is 7.84. The van der Waals surface area contributed by atoms with E-state index >= 15 is 0 Å². The van der Waals surface area contributed by atoms with E-state index in [1.165, 1.54) is 5.69 Å². The number of aromatic nitrogens is 4. The molecule has 3 rings (SSSR count). The zero-order valence-corrected chi connectivity index (χ0v) is 9.94. The van der Waals surface area contributed by atoms with Crippen LogP contribution < -0.4 is 0 Å². The number of nitrogens with zero attached hydrogens (tertiary/aromatic N) is 3. The lowest BCUT2D eigenvalue weighted by atomic mass is 10.2. The predicted molar refractivity (Wildman–Crippen MR) is 65.4 cm³/mol. The molecule has 0 radical (unpaired) electrons. The van der Waals surface area contributed by atoms with Gasteiger partial charge >= 0.3 is 0 Å². The minimum absolute atomic E-state index is 0.680. The van der Waals surface area contributed by atoms with E-state index in [-0.39, 0.29) is 0 Å². The maximum absolute atomic E-state index is 5.27. The van der Waals surface area contributed by atoms with Crippen molar-refractivity contribution in [1.29, 1.82) is 0 Å². The van der Waals surface area contributed by atoms with Gasteiger partial charge in [0.15, 0.2) is 5.82 Å². The Balaban J connectivity index is 2.17. The summed E-state index contributed by atoms with van der Waals surface area (Å²) in [6, 6.07) is 0. The molecule has 1 aliphatic heterocycles. The third kappa shape index (κ3) is 1.64. The van der Waals surface area contributed by atoms with Crippen molar-refractivity contribution in [3.05, 3.63) is 34.5 Å². The second-order valence-electron chi connectivity index (χ2n) is 3.43. The molecule has 0 atom stereocenters. The number of aromatic amines is 1. The zero-order valence-electron chi connectivity index (χ0n) is 8.30. The highest BCUT2D eigenvalue weighted by Gasteiger charge is 2.16. The van der Waals surface area contributed by atoms with Crippen molar-refractivity contribution in [3.63, 3.8) is 0 Å². The van der Waals surface area contributed by atoms with Gasteiger partial charge in [0.25, 0.3) is 0 Å². The SMILES string of the molecule is S=c1nc(-c2cnccn2)[nH]c2c1CSC2. The Morgan fingerprint density at radius 1 is 1.31 bits per heavy atom. The largest absolute Gasteiger partial charge is 0.341 e. The summed E-state index contributed by atoms with van der Waals surface area (Å²) in [6.07, 6.45) is 4.97. The van der Waals surface area contributed by atoms with Crippen molar-refractivity contribution in [2.75, 3.05) is 0 Å². The van der Waals surface area contributed by atoms with Crippen molar-refractivity contribution in [2.45, 2.75) is 11.5 Å². The minimum Gasteiger partial charge on any atom is -0.341 e. The van der Waals surface area contributed by atoms with E-state index in [1.54, 1.807) is 18.6 Å². The van der Waals surface area contributed by atoms with Crippen molar-refractivity contribution in [3.8, 4) is 11.5 Å². The fourth-order valence-corrected chi connectivity index (χ4v) is 3.06. The number of thioether (sulfide) groups is 1. The first-order valence-corrected chi connectivity index (χ1v) is 6.37. The first-order valence-electron chi connectivity index (χ1n) is 4.81. The maximum atomic E-state index is 5.27. The molecule has 3 heterocycles. The van der Waals surface area contributed by atoms with Crippen molar-refractivity contribution in [1.82, 2.24) is 19.9 Å². The molecule has 0 spiro atoms. The van der Waals surface area contributed by atoms with Crippen LogP contribution in [0.5, 0.6) is 0 Å². The van der Waals surface area contributed by atoms with Gasteiger partial charge < -0.3 is 4.98 Å². The first kappa shape index (κ1) is 9.92. The van der Waals surface area contributed by atoms with Gasteiger partial charge in [-0.25, -0.2) is 9.97 Å². The van der Waals surface area contributed by atoms with E-state index in [0.717, 1.165) is 22.8 Å². The van der Waals surface area contributed by atoms with Gasteiger partial charge in [-0.3, -0.25) is 4.98 Å². The van der Waals surface area contributed by atoms with Crippen LogP contribution in [-0.2, 0) is 11.5 Å². The average Bonchev–Trinajstić information content (AvgIpc) is 2.79. The Morgan fingerprint density at radius 3 is 3.06 bits per heavy atom. The van der Waals surface area contributed by atoms with E-state index in [1.807, 2.05) is 11.8 Å². The molecule has 4 nitrogen and oxygen atoms in total. The van der Waals surface area contributed by atoms with Crippen LogP contribution in [0.15, 0.2) is 18.6 Å². The Hall–Kier alpha value is -1.27. The van der Waals surface area contributed by atoms with Crippen LogP contribution in [0.25, 0.3) is 11.5 Å². The summed E-state index contributed by atoms with van der Waals surface area (Å²) in [5.41, 5.74) is 3.06. The molecule has 1 aliphatic rings. The van der Waals surface area contributed by atoms with Gasteiger partial charge in [-0.1, -0.05) is 12.2 Å². The lowest BCUT2D eigenvalue weighted by molar-refractivity contribution is 1.04. The van der Waals surface area contributed by atoms with E-state index < -0.39 is 0 Å². The van der Waals surface area contributed by atoms with Gasteiger partial charge in [-0.05, 0) is 0 Å². The van der Waals surface area contributed by atoms with Crippen molar-refractivity contribution >= 4 is 24.0 Å². The third-order valence-corrected chi connectivity index (χ3v) is 3.73. The minimum atomic E-state index is 0.680. The fourth-order valence-electron chi connectivity index (χ4n) is 1.61. The Labute approximate surface area is 102 Å². The van der Waals surface area contributed by atoms with Gasteiger partial charge in [0.2, 0.25) is 0 Å². The maximum Gasteiger partial charge on any atom is 0.159 e. The molecule has 0 saturated carbocycles. The molecule has 0 fully saturated rings. The molecule has 0 saturated heterocycles. The van der Waals surface area contributed by atoms with E-state index in [4.69, 9.17) is 12.2 Å². The fraction of sp³-hybridized carbons (Fsp3) is 0.200. The molecule has 2 aromatic heterocycles. The van der Waals surface area contributed by atoms with E-state index in [2.05, 4.69) is 19.9 Å². The molecule has 1 N–H and O–H groups in total. The second-order valence-corrected chi connectivity index (χ2v) is 4.80. The number of nitrogens with one attached hydrogen (secondary N) is 1. The number of hydrogen-bond donors (Lipinski definition) is 1. The zero-order chi connectivity index (χ0) is 11.0. The predicted octanol–water partition coefficient (Wildman–Crippen LogP) is 2.34. The van der Waals surface area contributed by atoms with Crippen LogP contribution in [-0.4, -0.2) is 19.9 Å². The van der Waals surface area contributed by atoms with E-state index in [9.17, 15) is 0 Å². The Morgan fingerprint density at radius 2 is 2.25 bits per heavy atom. The summed E-state index contributed by atoms with van der Waals surface area (Å²) in [5.74, 6) is 2.63. The van der Waals surface area contributed by atoms with Crippen LogP contribution >= 0.6 is 24.0 Å². The lowest BCUT2D eigenvalue weighted by Gasteiger charge is -2.03. The second kappa shape index (κ2) is 3.95. The van der Waals surface area contributed by atoms with Gasteiger partial charge in [0, 0.05) is 35.2 Å². The highest BCUT2D eigenvalue weighted by molar-refractivity contribution is 7.98. The highest BCUT2D eigenvalue weighted by atomic mass is 32.2. The Kier molecular flexibility index (Phi) is 2.45. The molecule has 0 aliphatic carbocycles. The molecule has 2 aromatic rings. The summed E-state index contributed by atoms with van der Waals surface area (Å²) in [7, 11) is 0. The van der Waals surface area contributed by atoms with Crippen LogP contribution in [0, 0.1) is 4.64 Å². The highest BCUT2D eigenvalue weighted by Crippen LogP contribution is 2.29. The molecular weight excluding hydrogens is 240 g/mol. The Bertz CT molecular complexity index is 579.